The van der Waals surface area contributed by atoms with Crippen LogP contribution in [0.15, 0.2) is 38.0 Å². The Morgan fingerprint density at radius 3 is 2.06 bits per heavy atom. The monoisotopic (exact) mass is 223 g/mol. The molecule has 0 heterocycles. The molecule has 0 aliphatic rings. The largest absolute Gasteiger partial charge is 0.468 e. The van der Waals surface area contributed by atoms with Gasteiger partial charge in [-0.2, -0.15) is 0 Å². The average Bonchev–Trinajstić information content (AvgIpc) is 2.27. The Labute approximate surface area is 98.1 Å². The van der Waals surface area contributed by atoms with Gasteiger partial charge in [0.2, 0.25) is 0 Å². The van der Waals surface area contributed by atoms with Crippen LogP contribution in [0.25, 0.3) is 0 Å². The molecule has 0 bridgehead atoms. The summed E-state index contributed by atoms with van der Waals surface area (Å²) in [6.45, 7) is 14.1. The molecule has 0 spiro atoms. The highest BCUT2D eigenvalue weighted by Crippen LogP contribution is 2.21. The van der Waals surface area contributed by atoms with Crippen LogP contribution in [0.3, 0.4) is 0 Å². The Balaban J connectivity index is 5.07. The van der Waals surface area contributed by atoms with Gasteiger partial charge >= 0.3 is 5.97 Å². The van der Waals surface area contributed by atoms with E-state index >= 15 is 0 Å². The average molecular weight is 223 g/mol. The summed E-state index contributed by atoms with van der Waals surface area (Å²) in [7, 11) is 1.39. The molecule has 0 aromatic rings. The maximum absolute atomic E-state index is 11.8. The zero-order valence-corrected chi connectivity index (χ0v) is 10.2. The summed E-state index contributed by atoms with van der Waals surface area (Å²) in [5, 5.41) is 0. The molecule has 3 nitrogen and oxygen atoms in total. The van der Waals surface area contributed by atoms with Crippen molar-refractivity contribution in [1.82, 2.24) is 4.90 Å². The predicted octanol–water partition coefficient (Wildman–Crippen LogP) is 2.17. The second-order valence-electron chi connectivity index (χ2n) is 3.74. The first-order chi connectivity index (χ1) is 7.56. The highest BCUT2D eigenvalue weighted by atomic mass is 16.5. The molecule has 1 atom stereocenters. The number of hydrogen-bond donors (Lipinski definition) is 0. The number of ether oxygens (including phenoxy) is 1. The lowest BCUT2D eigenvalue weighted by Gasteiger charge is -2.37. The summed E-state index contributed by atoms with van der Waals surface area (Å²) in [4.78, 5) is 13.8. The van der Waals surface area contributed by atoms with Gasteiger partial charge < -0.3 is 4.74 Å². The SMILES string of the molecule is C=CCN(CC=C)C(C)(CC=C)C(=O)OC. The lowest BCUT2D eigenvalue weighted by molar-refractivity contribution is -0.153. The van der Waals surface area contributed by atoms with E-state index in [0.29, 0.717) is 19.5 Å². The summed E-state index contributed by atoms with van der Waals surface area (Å²) < 4.78 is 4.84. The molecule has 16 heavy (non-hydrogen) atoms. The van der Waals surface area contributed by atoms with Gasteiger partial charge in [-0.15, -0.1) is 19.7 Å². The predicted molar refractivity (Wildman–Crippen MR) is 67.2 cm³/mol. The van der Waals surface area contributed by atoms with Gasteiger partial charge in [0.25, 0.3) is 0 Å². The van der Waals surface area contributed by atoms with Crippen LogP contribution in [-0.4, -0.2) is 36.6 Å². The van der Waals surface area contributed by atoms with E-state index in [1.54, 1.807) is 18.2 Å². The number of carbonyl (C=O) groups excluding carboxylic acids is 1. The van der Waals surface area contributed by atoms with Gasteiger partial charge in [0, 0.05) is 13.1 Å². The van der Waals surface area contributed by atoms with Gasteiger partial charge in [-0.25, -0.2) is 0 Å². The minimum Gasteiger partial charge on any atom is -0.468 e. The van der Waals surface area contributed by atoms with Crippen molar-refractivity contribution >= 4 is 5.97 Å². The Morgan fingerprint density at radius 1 is 1.25 bits per heavy atom. The number of hydrogen-bond acceptors (Lipinski definition) is 3. The molecular weight excluding hydrogens is 202 g/mol. The highest BCUT2D eigenvalue weighted by Gasteiger charge is 2.38. The summed E-state index contributed by atoms with van der Waals surface area (Å²) in [6.07, 6.45) is 5.76. The number of nitrogens with zero attached hydrogens (tertiary/aromatic N) is 1. The van der Waals surface area contributed by atoms with E-state index in [9.17, 15) is 4.79 Å². The van der Waals surface area contributed by atoms with Crippen molar-refractivity contribution < 1.29 is 9.53 Å². The third-order valence-electron chi connectivity index (χ3n) is 2.56. The molecule has 0 aliphatic heterocycles. The Hall–Kier alpha value is -1.35. The van der Waals surface area contributed by atoms with Crippen molar-refractivity contribution in [1.29, 1.82) is 0 Å². The Kier molecular flexibility index (Phi) is 6.42. The topological polar surface area (TPSA) is 29.5 Å². The number of rotatable bonds is 8. The molecule has 1 unspecified atom stereocenters. The first-order valence-electron chi connectivity index (χ1n) is 5.23. The van der Waals surface area contributed by atoms with Crippen LogP contribution in [0.2, 0.25) is 0 Å². The molecule has 3 heteroatoms. The first-order valence-corrected chi connectivity index (χ1v) is 5.23. The molecule has 0 saturated heterocycles. The summed E-state index contributed by atoms with van der Waals surface area (Å²) in [5.41, 5.74) is -0.709. The molecule has 0 aromatic heterocycles. The first kappa shape index (κ1) is 14.6. The summed E-state index contributed by atoms with van der Waals surface area (Å²) in [5.74, 6) is -0.267. The van der Waals surface area contributed by atoms with Gasteiger partial charge in [-0.1, -0.05) is 18.2 Å². The van der Waals surface area contributed by atoms with E-state index in [0.717, 1.165) is 0 Å². The second kappa shape index (κ2) is 7.01. The molecule has 0 saturated carbocycles. The molecule has 0 amide bonds. The lowest BCUT2D eigenvalue weighted by Crippen LogP contribution is -2.52. The van der Waals surface area contributed by atoms with E-state index in [1.165, 1.54) is 7.11 Å². The number of carbonyl (C=O) groups is 1. The zero-order valence-electron chi connectivity index (χ0n) is 10.2. The van der Waals surface area contributed by atoms with Gasteiger partial charge in [-0.3, -0.25) is 9.69 Å². The number of esters is 1. The van der Waals surface area contributed by atoms with Crippen molar-refractivity contribution in [3.63, 3.8) is 0 Å². The highest BCUT2D eigenvalue weighted by molar-refractivity contribution is 5.80. The van der Waals surface area contributed by atoms with Crippen molar-refractivity contribution in [3.8, 4) is 0 Å². The third-order valence-corrected chi connectivity index (χ3v) is 2.56. The molecule has 90 valence electrons. The molecular formula is C13H21NO2. The Morgan fingerprint density at radius 2 is 1.75 bits per heavy atom. The van der Waals surface area contributed by atoms with E-state index in [1.807, 2.05) is 11.8 Å². The van der Waals surface area contributed by atoms with Crippen LogP contribution in [0, 0.1) is 0 Å². The Bertz CT molecular complexity index is 263. The van der Waals surface area contributed by atoms with Crippen molar-refractivity contribution in [2.24, 2.45) is 0 Å². The normalized spacial score (nSPS) is 13.9. The minimum atomic E-state index is -0.709. The number of methoxy groups -OCH3 is 1. The van der Waals surface area contributed by atoms with Gasteiger partial charge in [0.15, 0.2) is 0 Å². The third kappa shape index (κ3) is 3.35. The summed E-state index contributed by atoms with van der Waals surface area (Å²) in [6, 6.07) is 0. The van der Waals surface area contributed by atoms with Crippen molar-refractivity contribution in [2.75, 3.05) is 20.2 Å². The minimum absolute atomic E-state index is 0.267. The van der Waals surface area contributed by atoms with Crippen LogP contribution in [0.1, 0.15) is 13.3 Å². The van der Waals surface area contributed by atoms with Crippen LogP contribution in [-0.2, 0) is 9.53 Å². The summed E-state index contributed by atoms with van der Waals surface area (Å²) >= 11 is 0. The second-order valence-corrected chi connectivity index (χ2v) is 3.74. The van der Waals surface area contributed by atoms with Gasteiger partial charge in [-0.05, 0) is 13.3 Å². The molecule has 0 N–H and O–H groups in total. The zero-order chi connectivity index (χ0) is 12.6. The van der Waals surface area contributed by atoms with Crippen LogP contribution in [0.5, 0.6) is 0 Å². The lowest BCUT2D eigenvalue weighted by atomic mass is 9.95. The van der Waals surface area contributed by atoms with E-state index in [-0.39, 0.29) is 5.97 Å². The standard InChI is InChI=1S/C13H21NO2/c1-6-9-13(4,12(15)16-5)14(10-7-2)11-8-3/h6-8H,1-3,9-11H2,4-5H3. The van der Waals surface area contributed by atoms with Gasteiger partial charge in [0.1, 0.15) is 5.54 Å². The molecule has 0 aliphatic carbocycles. The van der Waals surface area contributed by atoms with Crippen LogP contribution >= 0.6 is 0 Å². The molecule has 0 aromatic carbocycles. The fourth-order valence-corrected chi connectivity index (χ4v) is 1.63. The quantitative estimate of drug-likeness (QED) is 0.466. The van der Waals surface area contributed by atoms with E-state index in [2.05, 4.69) is 19.7 Å². The van der Waals surface area contributed by atoms with Crippen LogP contribution < -0.4 is 0 Å². The smallest absolute Gasteiger partial charge is 0.326 e. The fourth-order valence-electron chi connectivity index (χ4n) is 1.63. The fraction of sp³-hybridized carbons (Fsp3) is 0.462. The maximum atomic E-state index is 11.8. The van der Waals surface area contributed by atoms with Crippen LogP contribution in [0.4, 0.5) is 0 Å². The maximum Gasteiger partial charge on any atom is 0.326 e. The van der Waals surface area contributed by atoms with Crippen molar-refractivity contribution in [3.05, 3.63) is 38.0 Å². The molecule has 0 fully saturated rings. The van der Waals surface area contributed by atoms with Gasteiger partial charge in [0.05, 0.1) is 7.11 Å². The van der Waals surface area contributed by atoms with E-state index in [4.69, 9.17) is 4.74 Å². The molecule has 0 radical (unpaired) electrons. The molecule has 0 rings (SSSR count). The van der Waals surface area contributed by atoms with E-state index < -0.39 is 5.54 Å². The van der Waals surface area contributed by atoms with Crippen molar-refractivity contribution in [2.45, 2.75) is 18.9 Å².